The van der Waals surface area contributed by atoms with Gasteiger partial charge in [-0.1, -0.05) is 23.7 Å². The monoisotopic (exact) mass is 562 g/mol. The smallest absolute Gasteiger partial charge is 0.329 e. The molecule has 3 N–H and O–H groups in total. The molecule has 35 heavy (non-hydrogen) atoms. The van der Waals surface area contributed by atoms with E-state index in [1.165, 1.54) is 19.6 Å². The van der Waals surface area contributed by atoms with E-state index in [0.29, 0.717) is 38.0 Å². The molecule has 0 atom stereocenters. The molecule has 1 aromatic heterocycles. The number of halogens is 2. The Labute approximate surface area is 213 Å². The number of amides is 3. The number of nitrogens with one attached hydrogen (secondary N) is 3. The highest BCUT2D eigenvalue weighted by molar-refractivity contribution is 9.10. The first-order chi connectivity index (χ1) is 16.9. The van der Waals surface area contributed by atoms with Gasteiger partial charge in [0.05, 0.1) is 41.3 Å². The number of para-hydroxylation sites is 1. The van der Waals surface area contributed by atoms with Crippen LogP contribution in [0.2, 0.25) is 5.02 Å². The summed E-state index contributed by atoms with van der Waals surface area (Å²) in [6, 6.07) is 13.4. The van der Waals surface area contributed by atoms with Crippen molar-refractivity contribution in [2.75, 3.05) is 19.0 Å². The number of hydrazone groups is 1. The Morgan fingerprint density at radius 1 is 1.14 bits per heavy atom. The van der Waals surface area contributed by atoms with Crippen LogP contribution in [0.15, 0.2) is 68.8 Å². The summed E-state index contributed by atoms with van der Waals surface area (Å²) < 4.78 is 16.5. The molecule has 10 nitrogen and oxygen atoms in total. The quantitative estimate of drug-likeness (QED) is 0.208. The highest BCUT2D eigenvalue weighted by Gasteiger charge is 2.15. The number of carbonyl (C=O) groups is 3. The Morgan fingerprint density at radius 3 is 2.66 bits per heavy atom. The summed E-state index contributed by atoms with van der Waals surface area (Å²) in [5.41, 5.74) is 3.13. The van der Waals surface area contributed by atoms with Crippen molar-refractivity contribution in [3.8, 4) is 11.5 Å². The zero-order valence-electron chi connectivity index (χ0n) is 18.3. The molecule has 12 heteroatoms. The van der Waals surface area contributed by atoms with Gasteiger partial charge >= 0.3 is 11.8 Å². The molecular weight excluding hydrogens is 544 g/mol. The zero-order valence-corrected chi connectivity index (χ0v) is 20.7. The fourth-order valence-corrected chi connectivity index (χ4v) is 3.48. The topological polar surface area (TPSA) is 131 Å². The minimum absolute atomic E-state index is 0.0744. The van der Waals surface area contributed by atoms with Crippen molar-refractivity contribution >= 4 is 57.2 Å². The van der Waals surface area contributed by atoms with Crippen molar-refractivity contribution in [3.05, 3.63) is 75.6 Å². The zero-order chi connectivity index (χ0) is 25.2. The average molecular weight is 564 g/mol. The van der Waals surface area contributed by atoms with E-state index in [1.807, 2.05) is 0 Å². The molecule has 0 radical (unpaired) electrons. The molecule has 3 aromatic rings. The SMILES string of the molecule is COc1cc(/C=N\NC(=O)C(=O)NCc2ccco2)cc(Br)c1OCC(=O)Nc1ccccc1Cl. The predicted octanol–water partition coefficient (Wildman–Crippen LogP) is 3.49. The van der Waals surface area contributed by atoms with Gasteiger partial charge < -0.3 is 24.5 Å². The first-order valence-electron chi connectivity index (χ1n) is 10.1. The summed E-state index contributed by atoms with van der Waals surface area (Å²) in [5.74, 6) is -1.10. The highest BCUT2D eigenvalue weighted by Crippen LogP contribution is 2.36. The molecule has 2 aromatic carbocycles. The van der Waals surface area contributed by atoms with Crippen LogP contribution >= 0.6 is 27.5 Å². The van der Waals surface area contributed by atoms with Crippen molar-refractivity contribution in [3.63, 3.8) is 0 Å². The number of anilines is 1. The second-order valence-corrected chi connectivity index (χ2v) is 8.07. The van der Waals surface area contributed by atoms with Crippen LogP contribution in [0.4, 0.5) is 5.69 Å². The normalized spacial score (nSPS) is 10.6. The Morgan fingerprint density at radius 2 is 1.94 bits per heavy atom. The molecule has 0 saturated heterocycles. The number of hydrogen-bond donors (Lipinski definition) is 3. The maximum atomic E-state index is 12.2. The third-order valence-electron chi connectivity index (χ3n) is 4.34. The van der Waals surface area contributed by atoms with Crippen molar-refractivity contribution < 1.29 is 28.3 Å². The van der Waals surface area contributed by atoms with E-state index in [9.17, 15) is 14.4 Å². The molecule has 182 valence electrons. The summed E-state index contributed by atoms with van der Waals surface area (Å²) in [4.78, 5) is 35.9. The molecule has 0 spiro atoms. The first kappa shape index (κ1) is 25.8. The van der Waals surface area contributed by atoms with Crippen LogP contribution in [0.3, 0.4) is 0 Å². The van der Waals surface area contributed by atoms with Crippen LogP contribution in [-0.4, -0.2) is 37.7 Å². The summed E-state index contributed by atoms with van der Waals surface area (Å²) in [7, 11) is 1.44. The van der Waals surface area contributed by atoms with Crippen molar-refractivity contribution in [2.24, 2.45) is 5.10 Å². The molecule has 3 amide bonds. The molecular formula is C23H20BrClN4O6. The van der Waals surface area contributed by atoms with Gasteiger partial charge in [0.15, 0.2) is 18.1 Å². The van der Waals surface area contributed by atoms with E-state index in [0.717, 1.165) is 0 Å². The number of methoxy groups -OCH3 is 1. The summed E-state index contributed by atoms with van der Waals surface area (Å²) in [5, 5.41) is 9.26. The maximum Gasteiger partial charge on any atom is 0.329 e. The number of rotatable bonds is 9. The van der Waals surface area contributed by atoms with Gasteiger partial charge in [-0.15, -0.1) is 0 Å². The lowest BCUT2D eigenvalue weighted by Gasteiger charge is -2.14. The molecule has 1 heterocycles. The number of ether oxygens (including phenoxy) is 2. The van der Waals surface area contributed by atoms with Crippen molar-refractivity contribution in [2.45, 2.75) is 6.54 Å². The molecule has 0 aliphatic carbocycles. The van der Waals surface area contributed by atoms with Gasteiger partial charge in [-0.3, -0.25) is 14.4 Å². The third-order valence-corrected chi connectivity index (χ3v) is 5.26. The van der Waals surface area contributed by atoms with Gasteiger partial charge in [-0.2, -0.15) is 5.10 Å². The Kier molecular flexibility index (Phi) is 9.27. The first-order valence-corrected chi connectivity index (χ1v) is 11.2. The standard InChI is InChI=1S/C23H20BrClN4O6/c1-33-19-10-14(11-27-29-23(32)22(31)26-12-15-5-4-8-34-15)9-16(24)21(19)35-13-20(30)28-18-7-3-2-6-17(18)25/h2-11H,12-13H2,1H3,(H,26,31)(H,28,30)(H,29,32)/b27-11-. The molecule has 0 fully saturated rings. The summed E-state index contributed by atoms with van der Waals surface area (Å²) in [6.07, 6.45) is 2.78. The van der Waals surface area contributed by atoms with E-state index in [1.54, 1.807) is 48.5 Å². The summed E-state index contributed by atoms with van der Waals surface area (Å²) >= 11 is 9.41. The number of hydrogen-bond acceptors (Lipinski definition) is 7. The van der Waals surface area contributed by atoms with Crippen LogP contribution in [-0.2, 0) is 20.9 Å². The third kappa shape index (κ3) is 7.59. The lowest BCUT2D eigenvalue weighted by molar-refractivity contribution is -0.139. The Hall–Kier alpha value is -3.83. The number of nitrogens with zero attached hydrogens (tertiary/aromatic N) is 1. The van der Waals surface area contributed by atoms with Crippen LogP contribution in [0.1, 0.15) is 11.3 Å². The van der Waals surface area contributed by atoms with Crippen LogP contribution in [0.25, 0.3) is 0 Å². The van der Waals surface area contributed by atoms with Crippen LogP contribution in [0, 0.1) is 0 Å². The Bertz CT molecular complexity index is 1230. The molecule has 0 saturated carbocycles. The fourth-order valence-electron chi connectivity index (χ4n) is 2.72. The van der Waals surface area contributed by atoms with Gasteiger partial charge in [0.2, 0.25) is 0 Å². The highest BCUT2D eigenvalue weighted by atomic mass is 79.9. The van der Waals surface area contributed by atoms with Crippen molar-refractivity contribution in [1.29, 1.82) is 0 Å². The lowest BCUT2D eigenvalue weighted by Crippen LogP contribution is -2.37. The van der Waals surface area contributed by atoms with E-state index in [-0.39, 0.29) is 13.2 Å². The van der Waals surface area contributed by atoms with Crippen molar-refractivity contribution in [1.82, 2.24) is 10.7 Å². The molecule has 0 aliphatic rings. The molecule has 0 bridgehead atoms. The van der Waals surface area contributed by atoms with Gasteiger partial charge in [0.1, 0.15) is 5.76 Å². The predicted molar refractivity (Wildman–Crippen MR) is 133 cm³/mol. The van der Waals surface area contributed by atoms with Crippen LogP contribution in [0.5, 0.6) is 11.5 Å². The van der Waals surface area contributed by atoms with Gasteiger partial charge in [-0.25, -0.2) is 5.43 Å². The fraction of sp³-hybridized carbons (Fsp3) is 0.130. The molecule has 3 rings (SSSR count). The van der Waals surface area contributed by atoms with Gasteiger partial charge in [0, 0.05) is 0 Å². The number of carbonyl (C=O) groups excluding carboxylic acids is 3. The second-order valence-electron chi connectivity index (χ2n) is 6.81. The van der Waals surface area contributed by atoms with E-state index in [4.69, 9.17) is 25.5 Å². The van der Waals surface area contributed by atoms with E-state index >= 15 is 0 Å². The van der Waals surface area contributed by atoms with E-state index in [2.05, 4.69) is 37.1 Å². The Balaban J connectivity index is 1.55. The minimum atomic E-state index is -0.941. The maximum absolute atomic E-state index is 12.2. The second kappa shape index (κ2) is 12.6. The number of furan rings is 1. The van der Waals surface area contributed by atoms with Gasteiger partial charge in [-0.05, 0) is 57.9 Å². The molecule has 0 unspecified atom stereocenters. The molecule has 0 aliphatic heterocycles. The minimum Gasteiger partial charge on any atom is -0.493 e. The average Bonchev–Trinajstić information content (AvgIpc) is 3.36. The van der Waals surface area contributed by atoms with Crippen LogP contribution < -0.4 is 25.5 Å². The summed E-state index contributed by atoms with van der Waals surface area (Å²) in [6.45, 7) is -0.220. The lowest BCUT2D eigenvalue weighted by atomic mass is 10.2. The van der Waals surface area contributed by atoms with Gasteiger partial charge in [0.25, 0.3) is 5.91 Å². The number of benzene rings is 2. The van der Waals surface area contributed by atoms with E-state index < -0.39 is 17.7 Å². The largest absolute Gasteiger partial charge is 0.493 e.